The van der Waals surface area contributed by atoms with Crippen molar-refractivity contribution in [3.05, 3.63) is 206 Å². The molecule has 0 saturated heterocycles. The van der Waals surface area contributed by atoms with E-state index in [4.69, 9.17) is 14.4 Å². The van der Waals surface area contributed by atoms with Gasteiger partial charge >= 0.3 is 0 Å². The molecular formula is C56H34N4O. The molecule has 0 radical (unpaired) electrons. The van der Waals surface area contributed by atoms with E-state index in [0.29, 0.717) is 11.5 Å². The number of fused-ring (bicyclic) bond motifs is 10. The first kappa shape index (κ1) is 33.7. The van der Waals surface area contributed by atoms with Crippen LogP contribution in [0.15, 0.2) is 211 Å². The standard InChI is InChI=1S/C56H34N4O/c1-3-15-36(16-4-1)53-55-54(47-34-39(28-31-52(47)61-55)42-23-13-17-35-14-7-8-20-41(35)42)58-56(57-53)60-49-25-12-10-22-44(49)46-33-38(27-30-51(46)60)37-26-29-50-45(32-37)43-21-9-11-24-48(43)59(50)40-18-5-2-6-19-40/h1-34H. The molecule has 0 aliphatic rings. The fourth-order valence-corrected chi connectivity index (χ4v) is 9.54. The Balaban J connectivity index is 1.02. The average molecular weight is 779 g/mol. The molecule has 0 aliphatic carbocycles. The first-order chi connectivity index (χ1) is 30.2. The lowest BCUT2D eigenvalue weighted by Crippen LogP contribution is -2.02. The van der Waals surface area contributed by atoms with E-state index in [9.17, 15) is 0 Å². The van der Waals surface area contributed by atoms with Crippen LogP contribution in [0.2, 0.25) is 0 Å². The van der Waals surface area contributed by atoms with Crippen LogP contribution in [0.1, 0.15) is 0 Å². The minimum Gasteiger partial charge on any atom is -0.452 e. The smallest absolute Gasteiger partial charge is 0.236 e. The number of hydrogen-bond acceptors (Lipinski definition) is 3. The average Bonchev–Trinajstić information content (AvgIpc) is 3.98. The Kier molecular flexibility index (Phi) is 7.24. The fraction of sp³-hybridized carbons (Fsp3) is 0. The Morgan fingerprint density at radius 1 is 0.361 bits per heavy atom. The highest BCUT2D eigenvalue weighted by atomic mass is 16.3. The Labute approximate surface area is 350 Å². The van der Waals surface area contributed by atoms with Crippen molar-refractivity contribution in [2.45, 2.75) is 0 Å². The topological polar surface area (TPSA) is 48.8 Å². The Hall–Kier alpha value is -8.28. The predicted molar refractivity (Wildman–Crippen MR) is 252 cm³/mol. The molecule has 0 fully saturated rings. The zero-order valence-corrected chi connectivity index (χ0v) is 32.8. The van der Waals surface area contributed by atoms with Crippen molar-refractivity contribution in [1.82, 2.24) is 19.1 Å². The quantitative estimate of drug-likeness (QED) is 0.175. The van der Waals surface area contributed by atoms with E-state index in [0.717, 1.165) is 71.9 Å². The molecule has 0 amide bonds. The van der Waals surface area contributed by atoms with Gasteiger partial charge in [0.2, 0.25) is 5.95 Å². The molecule has 5 nitrogen and oxygen atoms in total. The van der Waals surface area contributed by atoms with E-state index in [1.807, 2.05) is 18.2 Å². The van der Waals surface area contributed by atoms with Crippen molar-refractivity contribution in [3.63, 3.8) is 0 Å². The number of nitrogens with zero attached hydrogens (tertiary/aromatic N) is 4. The Morgan fingerprint density at radius 2 is 0.918 bits per heavy atom. The first-order valence-electron chi connectivity index (χ1n) is 20.7. The van der Waals surface area contributed by atoms with Crippen LogP contribution in [0.25, 0.3) is 122 Å². The normalized spacial score (nSPS) is 11.9. The summed E-state index contributed by atoms with van der Waals surface area (Å²) in [5, 5.41) is 8.11. The van der Waals surface area contributed by atoms with Gasteiger partial charge in [0.05, 0.1) is 22.1 Å². The van der Waals surface area contributed by atoms with Gasteiger partial charge in [0.25, 0.3) is 0 Å². The molecule has 0 saturated carbocycles. The Bertz CT molecular complexity index is 3870. The summed E-state index contributed by atoms with van der Waals surface area (Å²) in [6.07, 6.45) is 0. The fourth-order valence-electron chi connectivity index (χ4n) is 9.54. The van der Waals surface area contributed by atoms with Crippen molar-refractivity contribution in [3.8, 4) is 45.1 Å². The maximum absolute atomic E-state index is 6.68. The molecule has 4 aromatic heterocycles. The molecule has 0 spiro atoms. The predicted octanol–water partition coefficient (Wildman–Crippen LogP) is 14.7. The number of hydrogen-bond donors (Lipinski definition) is 0. The number of para-hydroxylation sites is 3. The van der Waals surface area contributed by atoms with Crippen LogP contribution >= 0.6 is 0 Å². The van der Waals surface area contributed by atoms with Gasteiger partial charge in [0, 0.05) is 38.2 Å². The summed E-state index contributed by atoms with van der Waals surface area (Å²) < 4.78 is 11.2. The van der Waals surface area contributed by atoms with Crippen LogP contribution in [-0.4, -0.2) is 19.1 Å². The van der Waals surface area contributed by atoms with Crippen molar-refractivity contribution < 1.29 is 4.42 Å². The number of rotatable bonds is 5. The van der Waals surface area contributed by atoms with Gasteiger partial charge in [-0.05, 0) is 93.7 Å². The summed E-state index contributed by atoms with van der Waals surface area (Å²) in [6, 6.07) is 73.3. The Morgan fingerprint density at radius 3 is 1.66 bits per heavy atom. The van der Waals surface area contributed by atoms with Gasteiger partial charge in [-0.25, -0.2) is 9.97 Å². The molecule has 61 heavy (non-hydrogen) atoms. The minimum atomic E-state index is 0.596. The van der Waals surface area contributed by atoms with Crippen LogP contribution in [-0.2, 0) is 0 Å². The first-order valence-corrected chi connectivity index (χ1v) is 20.7. The lowest BCUT2D eigenvalue weighted by atomic mass is 9.97. The van der Waals surface area contributed by atoms with Crippen molar-refractivity contribution in [1.29, 1.82) is 0 Å². The molecule has 13 aromatic rings. The molecular weight excluding hydrogens is 745 g/mol. The number of benzene rings is 9. The maximum Gasteiger partial charge on any atom is 0.236 e. The van der Waals surface area contributed by atoms with Crippen LogP contribution < -0.4 is 0 Å². The third-order valence-electron chi connectivity index (χ3n) is 12.3. The summed E-state index contributed by atoms with van der Waals surface area (Å²) >= 11 is 0. The molecule has 0 bridgehead atoms. The minimum absolute atomic E-state index is 0.596. The van der Waals surface area contributed by atoms with Crippen molar-refractivity contribution in [2.75, 3.05) is 0 Å². The molecule has 284 valence electrons. The van der Waals surface area contributed by atoms with Crippen LogP contribution in [0.3, 0.4) is 0 Å². The monoisotopic (exact) mass is 778 g/mol. The van der Waals surface area contributed by atoms with Crippen molar-refractivity contribution >= 4 is 76.5 Å². The molecule has 0 N–H and O–H groups in total. The molecule has 13 rings (SSSR count). The summed E-state index contributed by atoms with van der Waals surface area (Å²) in [4.78, 5) is 10.8. The van der Waals surface area contributed by atoms with Gasteiger partial charge in [0.1, 0.15) is 16.8 Å². The molecule has 0 aliphatic heterocycles. The molecule has 5 heteroatoms. The van der Waals surface area contributed by atoms with E-state index < -0.39 is 0 Å². The lowest BCUT2D eigenvalue weighted by Gasteiger charge is -2.10. The van der Waals surface area contributed by atoms with Gasteiger partial charge in [-0.3, -0.25) is 4.57 Å². The van der Waals surface area contributed by atoms with Gasteiger partial charge in [0.15, 0.2) is 5.58 Å². The van der Waals surface area contributed by atoms with Gasteiger partial charge in [-0.1, -0.05) is 146 Å². The van der Waals surface area contributed by atoms with E-state index in [-0.39, 0.29) is 0 Å². The highest BCUT2D eigenvalue weighted by molar-refractivity contribution is 6.14. The number of furan rings is 1. The second-order valence-electron chi connectivity index (χ2n) is 15.8. The van der Waals surface area contributed by atoms with E-state index in [1.165, 1.54) is 38.1 Å². The zero-order chi connectivity index (χ0) is 40.0. The van der Waals surface area contributed by atoms with E-state index in [1.54, 1.807) is 0 Å². The summed E-state index contributed by atoms with van der Waals surface area (Å²) in [7, 11) is 0. The van der Waals surface area contributed by atoms with Gasteiger partial charge < -0.3 is 8.98 Å². The number of aromatic nitrogens is 4. The molecule has 0 atom stereocenters. The van der Waals surface area contributed by atoms with E-state index in [2.05, 4.69) is 197 Å². The zero-order valence-electron chi connectivity index (χ0n) is 32.8. The molecule has 9 aromatic carbocycles. The largest absolute Gasteiger partial charge is 0.452 e. The van der Waals surface area contributed by atoms with Gasteiger partial charge in [-0.2, -0.15) is 0 Å². The van der Waals surface area contributed by atoms with E-state index >= 15 is 0 Å². The third kappa shape index (κ3) is 5.14. The highest BCUT2D eigenvalue weighted by Gasteiger charge is 2.22. The molecule has 4 heterocycles. The van der Waals surface area contributed by atoms with Crippen LogP contribution in [0.4, 0.5) is 0 Å². The second-order valence-corrected chi connectivity index (χ2v) is 15.8. The molecule has 0 unspecified atom stereocenters. The summed E-state index contributed by atoms with van der Waals surface area (Å²) in [5.41, 5.74) is 14.2. The third-order valence-corrected chi connectivity index (χ3v) is 12.3. The lowest BCUT2D eigenvalue weighted by molar-refractivity contribution is 0.666. The SMILES string of the molecule is c1ccc(-c2nc(-n3c4ccccc4c4cc(-c5ccc6c(c5)c5ccccc5n6-c5ccccc5)ccc43)nc3c2oc2ccc(-c4cccc5ccccc45)cc23)cc1. The maximum atomic E-state index is 6.68. The second kappa shape index (κ2) is 13.1. The highest BCUT2D eigenvalue weighted by Crippen LogP contribution is 2.41. The summed E-state index contributed by atoms with van der Waals surface area (Å²) in [5.74, 6) is 0.596. The van der Waals surface area contributed by atoms with Crippen LogP contribution in [0.5, 0.6) is 0 Å². The summed E-state index contributed by atoms with van der Waals surface area (Å²) in [6.45, 7) is 0. The van der Waals surface area contributed by atoms with Crippen LogP contribution in [0, 0.1) is 0 Å². The van der Waals surface area contributed by atoms with Gasteiger partial charge in [-0.15, -0.1) is 0 Å². The van der Waals surface area contributed by atoms with Crippen molar-refractivity contribution in [2.24, 2.45) is 0 Å².